The van der Waals surface area contributed by atoms with Crippen LogP contribution in [0.3, 0.4) is 0 Å². The third kappa shape index (κ3) is 5.45. The van der Waals surface area contributed by atoms with Crippen LogP contribution in [0, 0.1) is 18.7 Å². The number of benzene rings is 1. The lowest BCUT2D eigenvalue weighted by molar-refractivity contribution is -0.140. The second-order valence-electron chi connectivity index (χ2n) is 8.74. The smallest absolute Gasteiger partial charge is 0.271 e. The van der Waals surface area contributed by atoms with Crippen molar-refractivity contribution in [3.63, 3.8) is 0 Å². The van der Waals surface area contributed by atoms with Crippen LogP contribution in [0.5, 0.6) is 0 Å². The lowest BCUT2D eigenvalue weighted by atomic mass is 10.0. The number of allylic oxidation sites excluding steroid dienone is 1. The number of nitrogens with zero attached hydrogens (tertiary/aromatic N) is 2. The molecule has 1 heterocycles. The monoisotopic (exact) mass is 430 g/mol. The van der Waals surface area contributed by atoms with Crippen LogP contribution in [0.1, 0.15) is 50.7 Å². The van der Waals surface area contributed by atoms with Crippen LogP contribution in [0.15, 0.2) is 23.9 Å². The molecule has 2 fully saturated rings. The van der Waals surface area contributed by atoms with Crippen LogP contribution >= 0.6 is 0 Å². The van der Waals surface area contributed by atoms with Crippen molar-refractivity contribution in [2.45, 2.75) is 59.0 Å². The predicted octanol–water partition coefficient (Wildman–Crippen LogP) is 3.42. The van der Waals surface area contributed by atoms with E-state index in [0.29, 0.717) is 30.4 Å². The topological polar surface area (TPSA) is 64.7 Å². The Labute approximate surface area is 184 Å². The van der Waals surface area contributed by atoms with E-state index in [2.05, 4.69) is 22.5 Å². The number of halogens is 1. The molecule has 7 heteroatoms. The minimum atomic E-state index is -0.370. The summed E-state index contributed by atoms with van der Waals surface area (Å²) in [6.45, 7) is 8.60. The third-order valence-electron chi connectivity index (χ3n) is 6.62. The number of anilines is 1. The highest BCUT2D eigenvalue weighted by Gasteiger charge is 2.33. The molecule has 2 N–H and O–H groups in total. The summed E-state index contributed by atoms with van der Waals surface area (Å²) in [5.74, 6) is -0.158. The second-order valence-corrected chi connectivity index (χ2v) is 8.74. The van der Waals surface area contributed by atoms with Gasteiger partial charge < -0.3 is 15.5 Å². The van der Waals surface area contributed by atoms with Crippen LogP contribution < -0.4 is 10.6 Å². The van der Waals surface area contributed by atoms with Crippen molar-refractivity contribution in [2.75, 3.05) is 32.0 Å². The molecule has 6 nitrogen and oxygen atoms in total. The van der Waals surface area contributed by atoms with Gasteiger partial charge in [-0.3, -0.25) is 14.5 Å². The molecule has 1 saturated carbocycles. The van der Waals surface area contributed by atoms with E-state index in [0.717, 1.165) is 49.9 Å². The lowest BCUT2D eigenvalue weighted by Gasteiger charge is -2.41. The second kappa shape index (κ2) is 10.3. The van der Waals surface area contributed by atoms with E-state index in [1.807, 2.05) is 11.8 Å². The van der Waals surface area contributed by atoms with E-state index in [1.165, 1.54) is 6.07 Å². The summed E-state index contributed by atoms with van der Waals surface area (Å²) in [6, 6.07) is 3.05. The molecule has 0 radical (unpaired) electrons. The third-order valence-corrected chi connectivity index (χ3v) is 6.62. The van der Waals surface area contributed by atoms with Crippen molar-refractivity contribution in [2.24, 2.45) is 5.92 Å². The van der Waals surface area contributed by atoms with Gasteiger partial charge in [0.2, 0.25) is 5.91 Å². The molecule has 31 heavy (non-hydrogen) atoms. The number of rotatable bonds is 6. The fraction of sp³-hybridized carbons (Fsp3) is 0.583. The first kappa shape index (κ1) is 23.3. The average molecular weight is 431 g/mol. The van der Waals surface area contributed by atoms with Gasteiger partial charge in [-0.15, -0.1) is 0 Å². The van der Waals surface area contributed by atoms with E-state index in [9.17, 15) is 14.0 Å². The summed E-state index contributed by atoms with van der Waals surface area (Å²) in [6.07, 6.45) is 6.04. The summed E-state index contributed by atoms with van der Waals surface area (Å²) in [5, 5.41) is 5.65. The standard InChI is InChI=1S/C24H35FN4O2/c1-5-21(26-4)23(30)27-22-13-20(25)12-19(17(22)3)15-28-10-11-29(16(2)14-28)24(31)18-8-6-7-9-18/h5,12-13,16,18,26H,6-11,14-15H2,1-4H3,(H,27,30)/b21-5-/t16-/m0/s1. The van der Waals surface area contributed by atoms with Gasteiger partial charge in [0.05, 0.1) is 5.70 Å². The average Bonchev–Trinajstić information content (AvgIpc) is 3.27. The summed E-state index contributed by atoms with van der Waals surface area (Å²) in [5.41, 5.74) is 2.63. The van der Waals surface area contributed by atoms with Crippen LogP contribution in [-0.4, -0.2) is 54.3 Å². The number of likely N-dealkylation sites (N-methyl/N-ethyl adjacent to an activating group) is 1. The molecule has 2 aliphatic rings. The van der Waals surface area contributed by atoms with E-state index in [-0.39, 0.29) is 23.7 Å². The maximum atomic E-state index is 14.3. The van der Waals surface area contributed by atoms with Crippen LogP contribution in [0.4, 0.5) is 10.1 Å². The summed E-state index contributed by atoms with van der Waals surface area (Å²) in [7, 11) is 1.68. The highest BCUT2D eigenvalue weighted by molar-refractivity contribution is 6.03. The number of carbonyl (C=O) groups is 2. The van der Waals surface area contributed by atoms with Crippen LogP contribution in [0.25, 0.3) is 0 Å². The zero-order chi connectivity index (χ0) is 22.5. The molecule has 0 aromatic heterocycles. The Balaban J connectivity index is 1.67. The predicted molar refractivity (Wildman–Crippen MR) is 121 cm³/mol. The first-order chi connectivity index (χ1) is 14.8. The fourth-order valence-electron chi connectivity index (χ4n) is 4.76. The van der Waals surface area contributed by atoms with Crippen molar-refractivity contribution >= 4 is 17.5 Å². The van der Waals surface area contributed by atoms with Gasteiger partial charge in [0.1, 0.15) is 5.82 Å². The highest BCUT2D eigenvalue weighted by atomic mass is 19.1. The first-order valence-electron chi connectivity index (χ1n) is 11.3. The minimum Gasteiger partial charge on any atom is -0.384 e. The molecule has 2 amide bonds. The van der Waals surface area contributed by atoms with Crippen molar-refractivity contribution in [3.05, 3.63) is 40.8 Å². The van der Waals surface area contributed by atoms with Gasteiger partial charge in [-0.05, 0) is 56.9 Å². The van der Waals surface area contributed by atoms with Gasteiger partial charge in [-0.1, -0.05) is 18.9 Å². The molecule has 1 aromatic rings. The Morgan fingerprint density at radius 2 is 1.94 bits per heavy atom. The Bertz CT molecular complexity index is 848. The lowest BCUT2D eigenvalue weighted by Crippen LogP contribution is -2.54. The first-order valence-corrected chi connectivity index (χ1v) is 11.3. The zero-order valence-corrected chi connectivity index (χ0v) is 19.1. The number of carbonyl (C=O) groups excluding carboxylic acids is 2. The molecule has 1 saturated heterocycles. The van der Waals surface area contributed by atoms with Crippen molar-refractivity contribution in [1.82, 2.24) is 15.1 Å². The largest absolute Gasteiger partial charge is 0.384 e. The molecular weight excluding hydrogens is 395 g/mol. The summed E-state index contributed by atoms with van der Waals surface area (Å²) >= 11 is 0. The fourth-order valence-corrected chi connectivity index (χ4v) is 4.76. The van der Waals surface area contributed by atoms with Crippen LogP contribution in [-0.2, 0) is 16.1 Å². The van der Waals surface area contributed by atoms with Gasteiger partial charge >= 0.3 is 0 Å². The molecule has 0 bridgehead atoms. The van der Waals surface area contributed by atoms with E-state index >= 15 is 0 Å². The molecule has 1 aromatic carbocycles. The Hall–Kier alpha value is -2.41. The Kier molecular flexibility index (Phi) is 7.70. The highest BCUT2D eigenvalue weighted by Crippen LogP contribution is 2.29. The minimum absolute atomic E-state index is 0.141. The van der Waals surface area contributed by atoms with Crippen LogP contribution in [0.2, 0.25) is 0 Å². The number of amides is 2. The van der Waals surface area contributed by atoms with E-state index in [4.69, 9.17) is 0 Å². The summed E-state index contributed by atoms with van der Waals surface area (Å²) < 4.78 is 14.3. The maximum absolute atomic E-state index is 14.3. The van der Waals surface area contributed by atoms with Gasteiger partial charge in [0.25, 0.3) is 5.91 Å². The zero-order valence-electron chi connectivity index (χ0n) is 19.1. The maximum Gasteiger partial charge on any atom is 0.271 e. The number of nitrogens with one attached hydrogen (secondary N) is 2. The van der Waals surface area contributed by atoms with Gasteiger partial charge in [0, 0.05) is 50.9 Å². The van der Waals surface area contributed by atoms with Gasteiger partial charge in [-0.2, -0.15) is 0 Å². The van der Waals surface area contributed by atoms with Crippen molar-refractivity contribution in [1.29, 1.82) is 0 Å². The van der Waals surface area contributed by atoms with Crippen molar-refractivity contribution < 1.29 is 14.0 Å². The molecule has 170 valence electrons. The Morgan fingerprint density at radius 3 is 2.55 bits per heavy atom. The van der Waals surface area contributed by atoms with E-state index < -0.39 is 0 Å². The molecule has 3 rings (SSSR count). The molecule has 0 spiro atoms. The summed E-state index contributed by atoms with van der Waals surface area (Å²) in [4.78, 5) is 29.5. The normalized spacial score (nSPS) is 20.7. The molecule has 1 aliphatic heterocycles. The quantitative estimate of drug-likeness (QED) is 0.679. The molecule has 1 atom stereocenters. The number of hydrogen-bond donors (Lipinski definition) is 2. The Morgan fingerprint density at radius 1 is 1.23 bits per heavy atom. The number of piperazine rings is 1. The molecule has 1 aliphatic carbocycles. The van der Waals surface area contributed by atoms with E-state index in [1.54, 1.807) is 26.1 Å². The van der Waals surface area contributed by atoms with Crippen molar-refractivity contribution in [3.8, 4) is 0 Å². The SMILES string of the molecule is C/C=C(\NC)C(=O)Nc1cc(F)cc(CN2CCN(C(=O)C3CCCC3)[C@@H](C)C2)c1C. The molecular formula is C24H35FN4O2. The van der Waals surface area contributed by atoms with Gasteiger partial charge in [0.15, 0.2) is 0 Å². The van der Waals surface area contributed by atoms with Gasteiger partial charge in [-0.25, -0.2) is 4.39 Å². The molecule has 0 unspecified atom stereocenters. The number of hydrogen-bond acceptors (Lipinski definition) is 4.